The number of aryl methyl sites for hydroxylation is 1. The van der Waals surface area contributed by atoms with Crippen molar-refractivity contribution in [2.75, 3.05) is 19.4 Å². The molecule has 1 aliphatic heterocycles. The molecule has 1 aliphatic rings. The third kappa shape index (κ3) is 4.09. The molecule has 0 unspecified atom stereocenters. The van der Waals surface area contributed by atoms with Gasteiger partial charge >= 0.3 is 0 Å². The molecule has 4 rings (SSSR count). The first kappa shape index (κ1) is 19.4. The van der Waals surface area contributed by atoms with Crippen molar-refractivity contribution in [1.29, 1.82) is 0 Å². The Bertz CT molecular complexity index is 1190. The summed E-state index contributed by atoms with van der Waals surface area (Å²) in [6.45, 7) is 1.11. The monoisotopic (exact) mass is 414 g/mol. The van der Waals surface area contributed by atoms with Crippen LogP contribution in [0.15, 0.2) is 41.6 Å². The van der Waals surface area contributed by atoms with Crippen LogP contribution in [0, 0.1) is 5.92 Å². The van der Waals surface area contributed by atoms with E-state index >= 15 is 0 Å². The van der Waals surface area contributed by atoms with Gasteiger partial charge < -0.3 is 14.6 Å². The van der Waals surface area contributed by atoms with Crippen molar-refractivity contribution >= 4 is 26.8 Å². The van der Waals surface area contributed by atoms with Crippen LogP contribution in [-0.4, -0.2) is 48.3 Å². The van der Waals surface area contributed by atoms with E-state index in [0.717, 1.165) is 17.5 Å². The van der Waals surface area contributed by atoms with Crippen LogP contribution in [0.4, 0.5) is 0 Å². The van der Waals surface area contributed by atoms with Crippen molar-refractivity contribution < 1.29 is 17.9 Å². The Morgan fingerprint density at radius 2 is 2.14 bits per heavy atom. The minimum Gasteiger partial charge on any atom is -0.476 e. The van der Waals surface area contributed by atoms with E-state index in [9.17, 15) is 13.2 Å². The summed E-state index contributed by atoms with van der Waals surface area (Å²) in [5.74, 6) is 0.786. The summed E-state index contributed by atoms with van der Waals surface area (Å²) in [7, 11) is -1.45. The molecule has 9 heteroatoms. The third-order valence-electron chi connectivity index (χ3n) is 5.05. The van der Waals surface area contributed by atoms with Gasteiger partial charge in [-0.2, -0.15) is 0 Å². The van der Waals surface area contributed by atoms with Crippen LogP contribution in [0.2, 0.25) is 0 Å². The first-order chi connectivity index (χ1) is 13.8. The van der Waals surface area contributed by atoms with Crippen molar-refractivity contribution in [3.8, 4) is 17.1 Å². The molecule has 8 nitrogen and oxygen atoms in total. The molecule has 1 amide bonds. The Balaban J connectivity index is 1.65. The Morgan fingerprint density at radius 1 is 1.31 bits per heavy atom. The first-order valence-corrected chi connectivity index (χ1v) is 11.2. The fourth-order valence-corrected chi connectivity index (χ4v) is 4.13. The SMILES string of the molecule is Cn1cnc2cc(-c3cccc(S(C)(=O)=O)c3)nc(OCC[C@H]3CNC(=O)C3)c21. The summed E-state index contributed by atoms with van der Waals surface area (Å²) in [6, 6.07) is 8.49. The molecule has 0 bridgehead atoms. The zero-order chi connectivity index (χ0) is 20.6. The van der Waals surface area contributed by atoms with Gasteiger partial charge in [-0.15, -0.1) is 0 Å². The number of hydrogen-bond acceptors (Lipinski definition) is 6. The number of carbonyl (C=O) groups excluding carboxylic acids is 1. The third-order valence-corrected chi connectivity index (χ3v) is 6.16. The summed E-state index contributed by atoms with van der Waals surface area (Å²) >= 11 is 0. The van der Waals surface area contributed by atoms with Crippen molar-refractivity contribution in [1.82, 2.24) is 19.9 Å². The summed E-state index contributed by atoms with van der Waals surface area (Å²) in [5.41, 5.74) is 2.76. The highest BCUT2D eigenvalue weighted by atomic mass is 32.2. The number of nitrogens with zero attached hydrogens (tertiary/aromatic N) is 3. The second-order valence-electron chi connectivity index (χ2n) is 7.35. The highest BCUT2D eigenvalue weighted by Gasteiger charge is 2.22. The Labute approximate surface area is 168 Å². The Morgan fingerprint density at radius 3 is 2.86 bits per heavy atom. The van der Waals surface area contributed by atoms with Gasteiger partial charge in [0.25, 0.3) is 0 Å². The van der Waals surface area contributed by atoms with Crippen LogP contribution in [0.1, 0.15) is 12.8 Å². The lowest BCUT2D eigenvalue weighted by Gasteiger charge is -2.12. The smallest absolute Gasteiger partial charge is 0.240 e. The number of hydrogen-bond donors (Lipinski definition) is 1. The lowest BCUT2D eigenvalue weighted by molar-refractivity contribution is -0.119. The average molecular weight is 414 g/mol. The molecule has 3 heterocycles. The maximum atomic E-state index is 11.9. The summed E-state index contributed by atoms with van der Waals surface area (Å²) < 4.78 is 31.6. The number of ether oxygens (including phenoxy) is 1. The number of benzene rings is 1. The first-order valence-electron chi connectivity index (χ1n) is 9.33. The molecule has 0 radical (unpaired) electrons. The van der Waals surface area contributed by atoms with Gasteiger partial charge in [-0.25, -0.2) is 18.4 Å². The molecule has 1 atom stereocenters. The fraction of sp³-hybridized carbons (Fsp3) is 0.350. The minimum absolute atomic E-state index is 0.0786. The highest BCUT2D eigenvalue weighted by molar-refractivity contribution is 7.90. The molecule has 1 saturated heterocycles. The number of imidazole rings is 1. The second-order valence-corrected chi connectivity index (χ2v) is 9.36. The number of rotatable bonds is 6. The minimum atomic E-state index is -3.32. The standard InChI is InChI=1S/C20H22N4O4S/c1-24-12-22-17-10-16(14-4-3-5-15(9-14)29(2,26)27)23-20(19(17)24)28-7-6-13-8-18(25)21-11-13/h3-5,9-10,12-13H,6-8,11H2,1-2H3,(H,21,25)/t13-/m1/s1. The number of amides is 1. The molecular formula is C20H22N4O4S. The number of aromatic nitrogens is 3. The van der Waals surface area contributed by atoms with Crippen LogP contribution in [0.3, 0.4) is 0 Å². The van der Waals surface area contributed by atoms with Gasteiger partial charge in [-0.05, 0) is 30.5 Å². The van der Waals surface area contributed by atoms with Gasteiger partial charge in [0, 0.05) is 31.8 Å². The molecule has 3 aromatic rings. The van der Waals surface area contributed by atoms with Crippen LogP contribution < -0.4 is 10.1 Å². The Kier molecular flexibility index (Phi) is 4.99. The summed E-state index contributed by atoms with van der Waals surface area (Å²) in [4.78, 5) is 20.6. The quantitative estimate of drug-likeness (QED) is 0.661. The number of pyridine rings is 1. The zero-order valence-corrected chi connectivity index (χ0v) is 17.1. The van der Waals surface area contributed by atoms with Crippen molar-refractivity contribution in [3.05, 3.63) is 36.7 Å². The van der Waals surface area contributed by atoms with Crippen LogP contribution >= 0.6 is 0 Å². The predicted molar refractivity (Wildman–Crippen MR) is 108 cm³/mol. The number of nitrogens with one attached hydrogen (secondary N) is 1. The van der Waals surface area contributed by atoms with Gasteiger partial charge in [0.05, 0.1) is 29.0 Å². The van der Waals surface area contributed by atoms with E-state index in [1.54, 1.807) is 24.5 Å². The highest BCUT2D eigenvalue weighted by Crippen LogP contribution is 2.30. The van der Waals surface area contributed by atoms with Gasteiger partial charge in [-0.1, -0.05) is 12.1 Å². The number of fused-ring (bicyclic) bond motifs is 1. The Hall–Kier alpha value is -2.94. The van der Waals surface area contributed by atoms with Crippen molar-refractivity contribution in [2.24, 2.45) is 13.0 Å². The second kappa shape index (κ2) is 7.47. The molecule has 1 aromatic carbocycles. The maximum Gasteiger partial charge on any atom is 0.240 e. The molecule has 1 N–H and O–H groups in total. The zero-order valence-electron chi connectivity index (χ0n) is 16.3. The van der Waals surface area contributed by atoms with Gasteiger partial charge in [0.2, 0.25) is 11.8 Å². The molecule has 152 valence electrons. The molecular weight excluding hydrogens is 392 g/mol. The number of sulfone groups is 1. The van der Waals surface area contributed by atoms with E-state index in [4.69, 9.17) is 4.74 Å². The topological polar surface area (TPSA) is 103 Å². The molecule has 0 spiro atoms. The summed E-state index contributed by atoms with van der Waals surface area (Å²) in [5, 5.41) is 2.83. The van der Waals surface area contributed by atoms with Gasteiger partial charge in [0.1, 0.15) is 5.52 Å². The van der Waals surface area contributed by atoms with E-state index < -0.39 is 9.84 Å². The van der Waals surface area contributed by atoms with E-state index in [-0.39, 0.29) is 16.7 Å². The van der Waals surface area contributed by atoms with Gasteiger partial charge in [-0.3, -0.25) is 4.79 Å². The van der Waals surface area contributed by atoms with Gasteiger partial charge in [0.15, 0.2) is 9.84 Å². The van der Waals surface area contributed by atoms with E-state index in [1.165, 1.54) is 6.26 Å². The van der Waals surface area contributed by atoms with Crippen molar-refractivity contribution in [3.63, 3.8) is 0 Å². The molecule has 1 fully saturated rings. The van der Waals surface area contributed by atoms with E-state index in [2.05, 4.69) is 15.3 Å². The van der Waals surface area contributed by atoms with Crippen molar-refractivity contribution in [2.45, 2.75) is 17.7 Å². The molecule has 2 aromatic heterocycles. The fourth-order valence-electron chi connectivity index (χ4n) is 3.46. The van der Waals surface area contributed by atoms with Crippen LogP contribution in [-0.2, 0) is 21.7 Å². The molecule has 0 aliphatic carbocycles. The largest absolute Gasteiger partial charge is 0.476 e. The lowest BCUT2D eigenvalue weighted by Crippen LogP contribution is -2.14. The van der Waals surface area contributed by atoms with E-state index in [0.29, 0.717) is 36.7 Å². The molecule has 0 saturated carbocycles. The maximum absolute atomic E-state index is 11.9. The summed E-state index contributed by atoms with van der Waals surface area (Å²) in [6.07, 6.45) is 4.14. The van der Waals surface area contributed by atoms with Crippen LogP contribution in [0.5, 0.6) is 5.88 Å². The molecule has 29 heavy (non-hydrogen) atoms. The average Bonchev–Trinajstić information content (AvgIpc) is 3.27. The van der Waals surface area contributed by atoms with E-state index in [1.807, 2.05) is 23.7 Å². The predicted octanol–water partition coefficient (Wildman–Crippen LogP) is 1.94. The lowest BCUT2D eigenvalue weighted by atomic mass is 10.1. The number of carbonyl (C=O) groups is 1. The normalized spacial score (nSPS) is 16.9. The van der Waals surface area contributed by atoms with Crippen LogP contribution in [0.25, 0.3) is 22.3 Å².